The summed E-state index contributed by atoms with van der Waals surface area (Å²) in [6.07, 6.45) is 0. The maximum Gasteiger partial charge on any atom is 0.379 e. The summed E-state index contributed by atoms with van der Waals surface area (Å²) < 4.78 is 15.0. The van der Waals surface area contributed by atoms with E-state index in [0.717, 1.165) is 5.39 Å². The third-order valence-electron chi connectivity index (χ3n) is 2.83. The van der Waals surface area contributed by atoms with Crippen LogP contribution in [0.1, 0.15) is 22.8 Å². The van der Waals surface area contributed by atoms with E-state index >= 15 is 0 Å². The summed E-state index contributed by atoms with van der Waals surface area (Å²) >= 11 is 0. The number of benzene rings is 1. The van der Waals surface area contributed by atoms with Crippen molar-refractivity contribution in [2.75, 3.05) is 13.7 Å². The molecule has 19 heavy (non-hydrogen) atoms. The van der Waals surface area contributed by atoms with Gasteiger partial charge in [-0.15, -0.1) is 0 Å². The molecule has 0 unspecified atom stereocenters. The molecule has 0 aliphatic heterocycles. The predicted octanol–water partition coefficient (Wildman–Crippen LogP) is 2.29. The molecular formula is C14H14O5. The van der Waals surface area contributed by atoms with Gasteiger partial charge >= 0.3 is 11.6 Å². The van der Waals surface area contributed by atoms with Crippen molar-refractivity contribution in [1.29, 1.82) is 0 Å². The van der Waals surface area contributed by atoms with Gasteiger partial charge in [0.25, 0.3) is 0 Å². The van der Waals surface area contributed by atoms with E-state index in [1.165, 1.54) is 13.2 Å². The van der Waals surface area contributed by atoms with Gasteiger partial charge in [-0.1, -0.05) is 0 Å². The van der Waals surface area contributed by atoms with Gasteiger partial charge in [-0.05, 0) is 32.0 Å². The first-order valence-electron chi connectivity index (χ1n) is 5.87. The molecule has 2 rings (SSSR count). The highest BCUT2D eigenvalue weighted by atomic mass is 16.5. The second kappa shape index (κ2) is 5.14. The fourth-order valence-electron chi connectivity index (χ4n) is 1.92. The minimum absolute atomic E-state index is 0.177. The minimum atomic E-state index is -0.562. The molecule has 2 aromatic rings. The van der Waals surface area contributed by atoms with Crippen LogP contribution in [0.5, 0.6) is 5.75 Å². The smallest absolute Gasteiger partial charge is 0.379 e. The van der Waals surface area contributed by atoms with Crippen LogP contribution in [0.3, 0.4) is 0 Å². The first-order valence-corrected chi connectivity index (χ1v) is 5.87. The maximum absolute atomic E-state index is 11.7. The van der Waals surface area contributed by atoms with Crippen LogP contribution in [0.15, 0.2) is 27.4 Å². The molecule has 0 bridgehead atoms. The standard InChI is InChI=1S/C14H14O5/c1-4-18-13(15)9-5-6-10-8(2)12(17-3)14(16)19-11(10)7-9/h5-7H,4H2,1-3H3. The van der Waals surface area contributed by atoms with E-state index < -0.39 is 11.6 Å². The Morgan fingerprint density at radius 1 is 1.37 bits per heavy atom. The molecular weight excluding hydrogens is 248 g/mol. The third kappa shape index (κ3) is 2.31. The summed E-state index contributed by atoms with van der Waals surface area (Å²) in [7, 11) is 1.41. The van der Waals surface area contributed by atoms with Crippen molar-refractivity contribution in [3.63, 3.8) is 0 Å². The lowest BCUT2D eigenvalue weighted by Crippen LogP contribution is -2.08. The number of methoxy groups -OCH3 is 1. The molecule has 100 valence electrons. The summed E-state index contributed by atoms with van der Waals surface area (Å²) in [5.74, 6) is -0.267. The summed E-state index contributed by atoms with van der Waals surface area (Å²) in [6.45, 7) is 3.79. The predicted molar refractivity (Wildman–Crippen MR) is 69.7 cm³/mol. The quantitative estimate of drug-likeness (QED) is 0.627. The van der Waals surface area contributed by atoms with Crippen molar-refractivity contribution in [2.24, 2.45) is 0 Å². The molecule has 1 aromatic carbocycles. The number of carbonyl (C=O) groups is 1. The number of aryl methyl sites for hydroxylation is 1. The normalized spacial score (nSPS) is 10.5. The number of esters is 1. The van der Waals surface area contributed by atoms with Crippen molar-refractivity contribution >= 4 is 16.9 Å². The molecule has 0 radical (unpaired) electrons. The van der Waals surface area contributed by atoms with E-state index in [-0.39, 0.29) is 5.75 Å². The van der Waals surface area contributed by atoms with Crippen molar-refractivity contribution < 1.29 is 18.7 Å². The lowest BCUT2D eigenvalue weighted by atomic mass is 10.1. The van der Waals surface area contributed by atoms with E-state index in [2.05, 4.69) is 0 Å². The number of hydrogen-bond donors (Lipinski definition) is 0. The van der Waals surface area contributed by atoms with Gasteiger partial charge in [0.1, 0.15) is 5.58 Å². The van der Waals surface area contributed by atoms with Crippen LogP contribution in [0.4, 0.5) is 0 Å². The molecule has 0 fully saturated rings. The Balaban J connectivity index is 2.62. The Hall–Kier alpha value is -2.30. The van der Waals surface area contributed by atoms with E-state index in [0.29, 0.717) is 23.3 Å². The Bertz CT molecular complexity index is 684. The van der Waals surface area contributed by atoms with Gasteiger partial charge in [-0.3, -0.25) is 0 Å². The Labute approximate surface area is 109 Å². The molecule has 0 saturated heterocycles. The topological polar surface area (TPSA) is 65.7 Å². The lowest BCUT2D eigenvalue weighted by Gasteiger charge is -2.07. The van der Waals surface area contributed by atoms with Crippen LogP contribution in [0, 0.1) is 6.92 Å². The average molecular weight is 262 g/mol. The summed E-state index contributed by atoms with van der Waals surface area (Å²) in [4.78, 5) is 23.3. The van der Waals surface area contributed by atoms with Crippen LogP contribution in [0.25, 0.3) is 11.0 Å². The summed E-state index contributed by atoms with van der Waals surface area (Å²) in [5.41, 5.74) is 0.814. The lowest BCUT2D eigenvalue weighted by molar-refractivity contribution is 0.0526. The average Bonchev–Trinajstić information content (AvgIpc) is 2.38. The first kappa shape index (κ1) is 13.1. The number of hydrogen-bond acceptors (Lipinski definition) is 5. The van der Waals surface area contributed by atoms with Crippen LogP contribution < -0.4 is 10.4 Å². The SMILES string of the molecule is CCOC(=O)c1ccc2c(C)c(OC)c(=O)oc2c1. The van der Waals surface area contributed by atoms with E-state index in [1.54, 1.807) is 26.0 Å². The summed E-state index contributed by atoms with van der Waals surface area (Å²) in [5, 5.41) is 0.726. The number of ether oxygens (including phenoxy) is 2. The van der Waals surface area contributed by atoms with Gasteiger partial charge in [0.2, 0.25) is 5.75 Å². The largest absolute Gasteiger partial charge is 0.490 e. The fourth-order valence-corrected chi connectivity index (χ4v) is 1.92. The molecule has 1 aromatic heterocycles. The second-order valence-electron chi connectivity index (χ2n) is 3.98. The van der Waals surface area contributed by atoms with Gasteiger partial charge < -0.3 is 13.9 Å². The second-order valence-corrected chi connectivity index (χ2v) is 3.98. The van der Waals surface area contributed by atoms with Crippen molar-refractivity contribution in [3.8, 4) is 5.75 Å². The third-order valence-corrected chi connectivity index (χ3v) is 2.83. The van der Waals surface area contributed by atoms with Crippen LogP contribution >= 0.6 is 0 Å². The van der Waals surface area contributed by atoms with Gasteiger partial charge in [0, 0.05) is 10.9 Å². The molecule has 0 N–H and O–H groups in total. The van der Waals surface area contributed by atoms with E-state index in [1.807, 2.05) is 0 Å². The van der Waals surface area contributed by atoms with Crippen molar-refractivity contribution in [3.05, 3.63) is 39.7 Å². The summed E-state index contributed by atoms with van der Waals surface area (Å²) in [6, 6.07) is 4.84. The van der Waals surface area contributed by atoms with Crippen LogP contribution in [-0.2, 0) is 4.74 Å². The number of fused-ring (bicyclic) bond motifs is 1. The Kier molecular flexibility index (Phi) is 3.55. The van der Waals surface area contributed by atoms with Gasteiger partial charge in [-0.25, -0.2) is 9.59 Å². The molecule has 0 amide bonds. The highest BCUT2D eigenvalue weighted by Crippen LogP contribution is 2.24. The van der Waals surface area contributed by atoms with E-state index in [4.69, 9.17) is 13.9 Å². The van der Waals surface area contributed by atoms with Crippen LogP contribution in [0.2, 0.25) is 0 Å². The highest BCUT2D eigenvalue weighted by molar-refractivity contribution is 5.94. The van der Waals surface area contributed by atoms with Crippen LogP contribution in [-0.4, -0.2) is 19.7 Å². The molecule has 0 aliphatic carbocycles. The zero-order valence-electron chi connectivity index (χ0n) is 11.0. The fraction of sp³-hybridized carbons (Fsp3) is 0.286. The van der Waals surface area contributed by atoms with Gasteiger partial charge in [0.05, 0.1) is 19.3 Å². The molecule has 1 heterocycles. The zero-order valence-corrected chi connectivity index (χ0v) is 11.0. The molecule has 5 nitrogen and oxygen atoms in total. The van der Waals surface area contributed by atoms with Crippen molar-refractivity contribution in [1.82, 2.24) is 0 Å². The molecule has 0 aliphatic rings. The Morgan fingerprint density at radius 2 is 2.11 bits per heavy atom. The molecule has 5 heteroatoms. The molecule has 0 spiro atoms. The molecule has 0 atom stereocenters. The first-order chi connectivity index (χ1) is 9.08. The van der Waals surface area contributed by atoms with Gasteiger partial charge in [0.15, 0.2) is 0 Å². The maximum atomic E-state index is 11.7. The highest BCUT2D eigenvalue weighted by Gasteiger charge is 2.14. The number of rotatable bonds is 3. The van der Waals surface area contributed by atoms with Gasteiger partial charge in [-0.2, -0.15) is 0 Å². The van der Waals surface area contributed by atoms with Crippen molar-refractivity contribution in [2.45, 2.75) is 13.8 Å². The minimum Gasteiger partial charge on any atom is -0.490 e. The Morgan fingerprint density at radius 3 is 2.74 bits per heavy atom. The zero-order chi connectivity index (χ0) is 14.0. The molecule has 0 saturated carbocycles. The monoisotopic (exact) mass is 262 g/mol. The van der Waals surface area contributed by atoms with E-state index in [9.17, 15) is 9.59 Å². The number of carbonyl (C=O) groups excluding carboxylic acids is 1.